The Hall–Kier alpha value is -2.66. The summed E-state index contributed by atoms with van der Waals surface area (Å²) in [6, 6.07) is 14.2. The highest BCUT2D eigenvalue weighted by Crippen LogP contribution is 2.16. The highest BCUT2D eigenvalue weighted by atomic mass is 16.2. The minimum atomic E-state index is -0.261. The van der Waals surface area contributed by atoms with E-state index < -0.39 is 0 Å². The van der Waals surface area contributed by atoms with Crippen LogP contribution in [0.5, 0.6) is 0 Å². The summed E-state index contributed by atoms with van der Waals surface area (Å²) in [7, 11) is 0. The molecule has 5 heteroatoms. The van der Waals surface area contributed by atoms with Crippen LogP contribution in [0.1, 0.15) is 36.8 Å². The molecule has 1 saturated heterocycles. The predicted octanol–water partition coefficient (Wildman–Crippen LogP) is 3.45. The van der Waals surface area contributed by atoms with Gasteiger partial charge in [0.2, 0.25) is 0 Å². The number of hydrogen-bond acceptors (Lipinski definition) is 4. The Morgan fingerprint density at radius 2 is 1.79 bits per heavy atom. The lowest BCUT2D eigenvalue weighted by Crippen LogP contribution is -2.46. The lowest BCUT2D eigenvalue weighted by Gasteiger charge is -2.35. The summed E-state index contributed by atoms with van der Waals surface area (Å²) in [5.41, 5.74) is 2.51. The van der Waals surface area contributed by atoms with Crippen LogP contribution in [0.25, 0.3) is 6.08 Å². The van der Waals surface area contributed by atoms with Gasteiger partial charge in [0, 0.05) is 38.3 Å². The molecular weight excluding hydrogens is 348 g/mol. The average Bonchev–Trinajstić information content (AvgIpc) is 2.68. The molecule has 2 aromatic rings. The largest absolute Gasteiger partial charge is 0.368 e. The number of anilines is 1. The first-order chi connectivity index (χ1) is 13.4. The SMILES string of the molecule is CC(C)(C)NC(=O)c1ccc(N2CCN(C/C=C/c3ccccc3)CC2)cn1. The third kappa shape index (κ3) is 5.92. The van der Waals surface area contributed by atoms with Crippen molar-refractivity contribution in [3.63, 3.8) is 0 Å². The topological polar surface area (TPSA) is 48.5 Å². The zero-order valence-electron chi connectivity index (χ0n) is 17.1. The summed E-state index contributed by atoms with van der Waals surface area (Å²) in [6.45, 7) is 10.8. The maximum absolute atomic E-state index is 12.2. The van der Waals surface area contributed by atoms with Gasteiger partial charge in [-0.1, -0.05) is 42.5 Å². The first-order valence-corrected chi connectivity index (χ1v) is 9.88. The summed E-state index contributed by atoms with van der Waals surface area (Å²) < 4.78 is 0. The number of amides is 1. The van der Waals surface area contributed by atoms with E-state index in [2.05, 4.69) is 56.5 Å². The number of benzene rings is 1. The molecule has 3 rings (SSSR count). The molecule has 0 atom stereocenters. The molecule has 1 fully saturated rings. The fraction of sp³-hybridized carbons (Fsp3) is 0.391. The monoisotopic (exact) mass is 378 g/mol. The Labute approximate surface area is 168 Å². The lowest BCUT2D eigenvalue weighted by molar-refractivity contribution is 0.0914. The first-order valence-electron chi connectivity index (χ1n) is 9.88. The highest BCUT2D eigenvalue weighted by molar-refractivity contribution is 5.92. The Balaban J connectivity index is 1.48. The van der Waals surface area contributed by atoms with Crippen molar-refractivity contribution in [1.82, 2.24) is 15.2 Å². The van der Waals surface area contributed by atoms with Crippen molar-refractivity contribution in [2.24, 2.45) is 0 Å². The van der Waals surface area contributed by atoms with Gasteiger partial charge in [0.05, 0.1) is 11.9 Å². The van der Waals surface area contributed by atoms with Crippen molar-refractivity contribution >= 4 is 17.7 Å². The molecule has 1 aliphatic heterocycles. The number of piperazine rings is 1. The second-order valence-corrected chi connectivity index (χ2v) is 8.21. The van der Waals surface area contributed by atoms with Gasteiger partial charge < -0.3 is 10.2 Å². The number of nitrogens with one attached hydrogen (secondary N) is 1. The Morgan fingerprint density at radius 1 is 1.07 bits per heavy atom. The molecule has 1 N–H and O–H groups in total. The van der Waals surface area contributed by atoms with E-state index in [9.17, 15) is 4.79 Å². The van der Waals surface area contributed by atoms with Gasteiger partial charge in [0.15, 0.2) is 0 Å². The van der Waals surface area contributed by atoms with Gasteiger partial charge in [-0.15, -0.1) is 0 Å². The van der Waals surface area contributed by atoms with Crippen LogP contribution < -0.4 is 10.2 Å². The molecule has 1 amide bonds. The summed E-state index contributed by atoms with van der Waals surface area (Å²) >= 11 is 0. The van der Waals surface area contributed by atoms with Crippen molar-refractivity contribution in [3.05, 3.63) is 66.0 Å². The Morgan fingerprint density at radius 3 is 2.39 bits per heavy atom. The van der Waals surface area contributed by atoms with Gasteiger partial charge in [-0.05, 0) is 38.5 Å². The second-order valence-electron chi connectivity index (χ2n) is 8.21. The summed E-state index contributed by atoms with van der Waals surface area (Å²) in [4.78, 5) is 21.3. The molecule has 1 aromatic carbocycles. The van der Waals surface area contributed by atoms with Crippen molar-refractivity contribution < 1.29 is 4.79 Å². The van der Waals surface area contributed by atoms with E-state index >= 15 is 0 Å². The third-order valence-corrected chi connectivity index (χ3v) is 4.68. The van der Waals surface area contributed by atoms with Crippen molar-refractivity contribution in [2.45, 2.75) is 26.3 Å². The number of aromatic nitrogens is 1. The van der Waals surface area contributed by atoms with Gasteiger partial charge in [0.1, 0.15) is 5.69 Å². The molecule has 0 spiro atoms. The number of carbonyl (C=O) groups excluding carboxylic acids is 1. The minimum absolute atomic E-state index is 0.130. The molecule has 0 bridgehead atoms. The van der Waals surface area contributed by atoms with Crippen molar-refractivity contribution in [3.8, 4) is 0 Å². The maximum atomic E-state index is 12.2. The fourth-order valence-corrected chi connectivity index (χ4v) is 3.20. The molecule has 28 heavy (non-hydrogen) atoms. The molecule has 5 nitrogen and oxygen atoms in total. The molecular formula is C23H30N4O. The number of rotatable bonds is 5. The van der Waals surface area contributed by atoms with Crippen LogP contribution in [0.15, 0.2) is 54.7 Å². The Bertz CT molecular complexity index is 786. The minimum Gasteiger partial charge on any atom is -0.368 e. The normalized spacial score (nSPS) is 15.8. The molecule has 1 aliphatic rings. The molecule has 2 heterocycles. The van der Waals surface area contributed by atoms with E-state index in [4.69, 9.17) is 0 Å². The standard InChI is InChI=1S/C23H30N4O/c1-23(2,3)25-22(28)21-12-11-20(18-24-21)27-16-14-26(15-17-27)13-7-10-19-8-5-4-6-9-19/h4-12,18H,13-17H2,1-3H3,(H,25,28)/b10-7+. The summed E-state index contributed by atoms with van der Waals surface area (Å²) in [5.74, 6) is -0.130. The molecule has 1 aromatic heterocycles. The number of nitrogens with zero attached hydrogens (tertiary/aromatic N) is 3. The average molecular weight is 379 g/mol. The van der Waals surface area contributed by atoms with E-state index in [1.165, 1.54) is 5.56 Å². The van der Waals surface area contributed by atoms with E-state index in [0.29, 0.717) is 5.69 Å². The quantitative estimate of drug-likeness (QED) is 0.866. The smallest absolute Gasteiger partial charge is 0.270 e. The van der Waals surface area contributed by atoms with Gasteiger partial charge in [-0.25, -0.2) is 4.98 Å². The molecule has 148 valence electrons. The zero-order chi connectivity index (χ0) is 20.0. The van der Waals surface area contributed by atoms with Crippen LogP contribution in [0.4, 0.5) is 5.69 Å². The van der Waals surface area contributed by atoms with Crippen molar-refractivity contribution in [2.75, 3.05) is 37.6 Å². The van der Waals surface area contributed by atoms with Crippen LogP contribution in [0.2, 0.25) is 0 Å². The van der Waals surface area contributed by atoms with E-state index in [1.807, 2.05) is 45.2 Å². The van der Waals surface area contributed by atoms with Crippen LogP contribution in [-0.2, 0) is 0 Å². The van der Waals surface area contributed by atoms with Gasteiger partial charge in [-0.3, -0.25) is 9.69 Å². The summed E-state index contributed by atoms with van der Waals surface area (Å²) in [6.07, 6.45) is 6.22. The van der Waals surface area contributed by atoms with E-state index in [1.54, 1.807) is 0 Å². The number of carbonyl (C=O) groups is 1. The van der Waals surface area contributed by atoms with Crippen molar-refractivity contribution in [1.29, 1.82) is 0 Å². The third-order valence-electron chi connectivity index (χ3n) is 4.68. The van der Waals surface area contributed by atoms with Gasteiger partial charge in [-0.2, -0.15) is 0 Å². The van der Waals surface area contributed by atoms with Gasteiger partial charge in [0.25, 0.3) is 5.91 Å². The van der Waals surface area contributed by atoms with Crippen LogP contribution in [0.3, 0.4) is 0 Å². The van der Waals surface area contributed by atoms with Crippen LogP contribution >= 0.6 is 0 Å². The number of pyridine rings is 1. The van der Waals surface area contributed by atoms with Crippen LogP contribution in [0, 0.1) is 0 Å². The predicted molar refractivity (Wildman–Crippen MR) is 116 cm³/mol. The lowest BCUT2D eigenvalue weighted by atomic mass is 10.1. The van der Waals surface area contributed by atoms with Crippen LogP contribution in [-0.4, -0.2) is 54.1 Å². The molecule has 0 saturated carbocycles. The molecule has 0 aliphatic carbocycles. The Kier molecular flexibility index (Phi) is 6.47. The number of hydrogen-bond donors (Lipinski definition) is 1. The fourth-order valence-electron chi connectivity index (χ4n) is 3.20. The summed E-state index contributed by atoms with van der Waals surface area (Å²) in [5, 5.41) is 2.94. The maximum Gasteiger partial charge on any atom is 0.270 e. The van der Waals surface area contributed by atoms with E-state index in [-0.39, 0.29) is 11.4 Å². The van der Waals surface area contributed by atoms with Gasteiger partial charge >= 0.3 is 0 Å². The molecule has 0 radical (unpaired) electrons. The first kappa shape index (κ1) is 20.1. The highest BCUT2D eigenvalue weighted by Gasteiger charge is 2.19. The second kappa shape index (κ2) is 9.02. The molecule has 0 unspecified atom stereocenters. The zero-order valence-corrected chi connectivity index (χ0v) is 17.1. The van der Waals surface area contributed by atoms with E-state index in [0.717, 1.165) is 38.4 Å².